The van der Waals surface area contributed by atoms with Crippen molar-refractivity contribution in [2.24, 2.45) is 11.7 Å². The van der Waals surface area contributed by atoms with Crippen LogP contribution in [0.4, 0.5) is 0 Å². The molecule has 0 radical (unpaired) electrons. The number of rotatable bonds is 7. The van der Waals surface area contributed by atoms with Crippen LogP contribution in [-0.2, 0) is 11.3 Å². The van der Waals surface area contributed by atoms with Crippen molar-refractivity contribution in [3.63, 3.8) is 0 Å². The van der Waals surface area contributed by atoms with Crippen molar-refractivity contribution in [1.82, 2.24) is 15.1 Å². The average molecular weight is 389 g/mol. The molecule has 1 amide bonds. The summed E-state index contributed by atoms with van der Waals surface area (Å²) in [6.07, 6.45) is 2.45. The van der Waals surface area contributed by atoms with Crippen molar-refractivity contribution in [2.75, 3.05) is 39.3 Å². The highest BCUT2D eigenvalue weighted by Gasteiger charge is 2.28. The summed E-state index contributed by atoms with van der Waals surface area (Å²) < 4.78 is 0. The zero-order chi connectivity index (χ0) is 16.1. The Morgan fingerprint density at radius 3 is 2.28 bits per heavy atom. The van der Waals surface area contributed by atoms with Crippen LogP contribution in [-0.4, -0.2) is 61.0 Å². The van der Waals surface area contributed by atoms with Gasteiger partial charge in [0.05, 0.1) is 6.54 Å². The molecule has 1 aliphatic carbocycles. The lowest BCUT2D eigenvalue weighted by Gasteiger charge is -2.34. The summed E-state index contributed by atoms with van der Waals surface area (Å²) in [6.45, 7) is 6.06. The maximum Gasteiger partial charge on any atom is 0.234 e. The molecule has 3 N–H and O–H groups in total. The van der Waals surface area contributed by atoms with E-state index < -0.39 is 0 Å². The first-order valence-electron chi connectivity index (χ1n) is 8.71. The number of carbonyl (C=O) groups is 1. The van der Waals surface area contributed by atoms with Gasteiger partial charge in [-0.15, -0.1) is 24.8 Å². The summed E-state index contributed by atoms with van der Waals surface area (Å²) in [5.74, 6) is 0.745. The van der Waals surface area contributed by atoms with Crippen molar-refractivity contribution >= 4 is 30.7 Å². The molecule has 142 valence electrons. The molecular formula is C18H30Cl2N4O. The quantitative estimate of drug-likeness (QED) is 0.742. The summed E-state index contributed by atoms with van der Waals surface area (Å²) in [4.78, 5) is 16.7. The van der Waals surface area contributed by atoms with E-state index in [0.717, 1.165) is 32.7 Å². The predicted octanol–water partition coefficient (Wildman–Crippen LogP) is 1.50. The van der Waals surface area contributed by atoms with Crippen molar-refractivity contribution in [3.8, 4) is 0 Å². The fourth-order valence-electron chi connectivity index (χ4n) is 3.13. The Hall–Kier alpha value is -0.850. The van der Waals surface area contributed by atoms with E-state index in [4.69, 9.17) is 5.73 Å². The zero-order valence-electron chi connectivity index (χ0n) is 14.6. The van der Waals surface area contributed by atoms with Crippen LogP contribution < -0.4 is 11.1 Å². The third-order valence-electron chi connectivity index (χ3n) is 4.84. The maximum atomic E-state index is 12.0. The molecule has 1 saturated carbocycles. The second-order valence-corrected chi connectivity index (χ2v) is 6.84. The first kappa shape index (κ1) is 22.2. The van der Waals surface area contributed by atoms with Crippen LogP contribution in [0.5, 0.6) is 0 Å². The highest BCUT2D eigenvalue weighted by atomic mass is 35.5. The molecule has 5 nitrogen and oxygen atoms in total. The lowest BCUT2D eigenvalue weighted by atomic mass is 10.2. The van der Waals surface area contributed by atoms with Gasteiger partial charge in [0.2, 0.25) is 5.91 Å². The van der Waals surface area contributed by atoms with Gasteiger partial charge in [0.1, 0.15) is 0 Å². The number of carbonyl (C=O) groups excluding carboxylic acids is 1. The third kappa shape index (κ3) is 7.50. The number of benzene rings is 1. The minimum Gasteiger partial charge on any atom is -0.353 e. The molecule has 1 heterocycles. The fourth-order valence-corrected chi connectivity index (χ4v) is 3.13. The van der Waals surface area contributed by atoms with E-state index in [0.29, 0.717) is 19.0 Å². The van der Waals surface area contributed by atoms with Crippen LogP contribution in [0.1, 0.15) is 18.4 Å². The minimum atomic E-state index is 0. The third-order valence-corrected chi connectivity index (χ3v) is 4.84. The summed E-state index contributed by atoms with van der Waals surface area (Å²) in [5.41, 5.74) is 7.37. The molecule has 1 aliphatic heterocycles. The molecule has 25 heavy (non-hydrogen) atoms. The summed E-state index contributed by atoms with van der Waals surface area (Å²) >= 11 is 0. The van der Waals surface area contributed by atoms with Gasteiger partial charge >= 0.3 is 0 Å². The lowest BCUT2D eigenvalue weighted by Crippen LogP contribution is -2.50. The second kappa shape index (κ2) is 11.0. The van der Waals surface area contributed by atoms with E-state index >= 15 is 0 Å². The molecule has 1 atom stereocenters. The molecule has 1 saturated heterocycles. The molecule has 7 heteroatoms. The SMILES string of the molecule is Cl.Cl.NC(CNC(=O)CN1CCN(Cc2ccccc2)CC1)C1CC1. The van der Waals surface area contributed by atoms with E-state index in [1.165, 1.54) is 18.4 Å². The Labute approximate surface area is 163 Å². The van der Waals surface area contributed by atoms with Gasteiger partial charge in [-0.25, -0.2) is 0 Å². The molecule has 0 aromatic heterocycles. The monoisotopic (exact) mass is 388 g/mol. The number of nitrogens with one attached hydrogen (secondary N) is 1. The van der Waals surface area contributed by atoms with Gasteiger partial charge in [-0.1, -0.05) is 30.3 Å². The molecule has 1 unspecified atom stereocenters. The van der Waals surface area contributed by atoms with Crippen LogP contribution in [0.25, 0.3) is 0 Å². The zero-order valence-corrected chi connectivity index (χ0v) is 16.2. The number of nitrogens with zero attached hydrogens (tertiary/aromatic N) is 2. The Morgan fingerprint density at radius 2 is 1.68 bits per heavy atom. The van der Waals surface area contributed by atoms with Crippen LogP contribution >= 0.6 is 24.8 Å². The minimum absolute atomic E-state index is 0. The van der Waals surface area contributed by atoms with Crippen molar-refractivity contribution in [1.29, 1.82) is 0 Å². The molecule has 1 aromatic carbocycles. The highest BCUT2D eigenvalue weighted by molar-refractivity contribution is 5.85. The van der Waals surface area contributed by atoms with Gasteiger partial charge < -0.3 is 11.1 Å². The Balaban J connectivity index is 0.00000156. The standard InChI is InChI=1S/C18H28N4O.2ClH/c19-17(16-6-7-16)12-20-18(23)14-22-10-8-21(9-11-22)13-15-4-2-1-3-5-15;;/h1-5,16-17H,6-14,19H2,(H,20,23);2*1H. The van der Waals surface area contributed by atoms with Gasteiger partial charge in [0.15, 0.2) is 0 Å². The number of nitrogens with two attached hydrogens (primary N) is 1. The molecular weight excluding hydrogens is 359 g/mol. The van der Waals surface area contributed by atoms with Crippen molar-refractivity contribution < 1.29 is 4.79 Å². The second-order valence-electron chi connectivity index (χ2n) is 6.84. The molecule has 2 aliphatic rings. The Kier molecular flexibility index (Phi) is 9.75. The number of hydrogen-bond donors (Lipinski definition) is 2. The van der Waals surface area contributed by atoms with E-state index in [1.807, 2.05) is 0 Å². The first-order chi connectivity index (χ1) is 11.2. The summed E-state index contributed by atoms with van der Waals surface area (Å²) in [6, 6.07) is 10.7. The largest absolute Gasteiger partial charge is 0.353 e. The number of amides is 1. The number of piperazine rings is 1. The lowest BCUT2D eigenvalue weighted by molar-refractivity contribution is -0.122. The summed E-state index contributed by atoms with van der Waals surface area (Å²) in [5, 5.41) is 2.98. The predicted molar refractivity (Wildman–Crippen MR) is 106 cm³/mol. The van der Waals surface area contributed by atoms with Crippen molar-refractivity contribution in [3.05, 3.63) is 35.9 Å². The van der Waals surface area contributed by atoms with Crippen molar-refractivity contribution in [2.45, 2.75) is 25.4 Å². The normalized spacial score (nSPS) is 19.4. The molecule has 0 spiro atoms. The fraction of sp³-hybridized carbons (Fsp3) is 0.611. The Morgan fingerprint density at radius 1 is 1.08 bits per heavy atom. The highest BCUT2D eigenvalue weighted by Crippen LogP contribution is 2.31. The maximum absolute atomic E-state index is 12.0. The number of halogens is 2. The topological polar surface area (TPSA) is 61.6 Å². The van der Waals surface area contributed by atoms with E-state index in [9.17, 15) is 4.79 Å². The van der Waals surface area contributed by atoms with Gasteiger partial charge in [0.25, 0.3) is 0 Å². The number of hydrogen-bond acceptors (Lipinski definition) is 4. The molecule has 3 rings (SSSR count). The summed E-state index contributed by atoms with van der Waals surface area (Å²) in [7, 11) is 0. The smallest absolute Gasteiger partial charge is 0.234 e. The average Bonchev–Trinajstić information content (AvgIpc) is 3.40. The molecule has 2 fully saturated rings. The first-order valence-corrected chi connectivity index (χ1v) is 8.71. The van der Waals surface area contributed by atoms with E-state index in [-0.39, 0.29) is 36.8 Å². The van der Waals surface area contributed by atoms with Crippen LogP contribution in [0, 0.1) is 5.92 Å². The van der Waals surface area contributed by atoms with E-state index in [2.05, 4.69) is 45.4 Å². The van der Waals surface area contributed by atoms with Crippen LogP contribution in [0.15, 0.2) is 30.3 Å². The molecule has 0 bridgehead atoms. The van der Waals surface area contributed by atoms with Crippen LogP contribution in [0.3, 0.4) is 0 Å². The molecule has 1 aromatic rings. The van der Waals surface area contributed by atoms with E-state index in [1.54, 1.807) is 0 Å². The van der Waals surface area contributed by atoms with Gasteiger partial charge in [-0.05, 0) is 24.3 Å². The van der Waals surface area contributed by atoms with Gasteiger partial charge in [0, 0.05) is 45.3 Å². The Bertz CT molecular complexity index is 505. The van der Waals surface area contributed by atoms with Gasteiger partial charge in [-0.3, -0.25) is 14.6 Å². The van der Waals surface area contributed by atoms with Gasteiger partial charge in [-0.2, -0.15) is 0 Å². The van der Waals surface area contributed by atoms with Crippen LogP contribution in [0.2, 0.25) is 0 Å².